The molecular weight excluding hydrogens is 472 g/mol. The number of nitrogens with one attached hydrogen (secondary N) is 1. The normalized spacial score (nSPS) is 10.9. The Labute approximate surface area is 212 Å². The lowest BCUT2D eigenvalue weighted by molar-refractivity contribution is 0.0950. The molecule has 6 nitrogen and oxygen atoms in total. The van der Waals surface area contributed by atoms with Gasteiger partial charge < -0.3 is 14.8 Å². The van der Waals surface area contributed by atoms with Crippen LogP contribution in [-0.2, 0) is 0 Å². The van der Waals surface area contributed by atoms with Gasteiger partial charge in [-0.25, -0.2) is 0 Å². The van der Waals surface area contributed by atoms with Crippen molar-refractivity contribution in [2.24, 2.45) is 0 Å². The Balaban J connectivity index is 1.35. The summed E-state index contributed by atoms with van der Waals surface area (Å²) in [6, 6.07) is 28.5. The third-order valence-corrected chi connectivity index (χ3v) is 6.92. The molecule has 0 saturated heterocycles. The molecule has 1 N–H and O–H groups in total. The number of amides is 1. The number of ether oxygens (including phenoxy) is 2. The largest absolute Gasteiger partial charge is 0.496 e. The Morgan fingerprint density at radius 3 is 1.97 bits per heavy atom. The van der Waals surface area contributed by atoms with Gasteiger partial charge in [0, 0.05) is 21.4 Å². The number of aromatic nitrogens is 1. The van der Waals surface area contributed by atoms with E-state index in [0.717, 1.165) is 26.7 Å². The molecule has 0 fully saturated rings. The Morgan fingerprint density at radius 1 is 0.778 bits per heavy atom. The molecule has 0 aliphatic rings. The average Bonchev–Trinajstić information content (AvgIpc) is 3.26. The first kappa shape index (κ1) is 23.5. The molecule has 0 radical (unpaired) electrons. The van der Waals surface area contributed by atoms with Crippen LogP contribution in [-0.4, -0.2) is 36.4 Å². The number of benzene rings is 4. The van der Waals surface area contributed by atoms with Crippen LogP contribution in [0.25, 0.3) is 21.8 Å². The maximum Gasteiger partial charge on any atom is 0.263 e. The molecule has 0 unspecified atom stereocenters. The number of anilines is 1. The summed E-state index contributed by atoms with van der Waals surface area (Å²) >= 11 is 1.43. The van der Waals surface area contributed by atoms with E-state index in [1.54, 1.807) is 28.8 Å². The molecule has 0 spiro atoms. The molecule has 4 aromatic carbocycles. The highest BCUT2D eigenvalue weighted by Gasteiger charge is 2.19. The van der Waals surface area contributed by atoms with Crippen LogP contribution in [0.2, 0.25) is 0 Å². The van der Waals surface area contributed by atoms with Crippen molar-refractivity contribution in [3.8, 4) is 11.5 Å². The summed E-state index contributed by atoms with van der Waals surface area (Å²) in [7, 11) is 3.02. The van der Waals surface area contributed by atoms with Gasteiger partial charge in [-0.2, -0.15) is 0 Å². The second kappa shape index (κ2) is 10.2. The number of thioether (sulfide) groups is 1. The van der Waals surface area contributed by atoms with Crippen LogP contribution in [0.1, 0.15) is 15.2 Å². The third kappa shape index (κ3) is 4.41. The van der Waals surface area contributed by atoms with Crippen LogP contribution in [0.3, 0.4) is 0 Å². The average molecular weight is 497 g/mol. The number of fused-ring (bicyclic) bond motifs is 3. The lowest BCUT2D eigenvalue weighted by Crippen LogP contribution is -2.15. The van der Waals surface area contributed by atoms with Gasteiger partial charge in [-0.05, 0) is 42.5 Å². The van der Waals surface area contributed by atoms with Gasteiger partial charge in [0.15, 0.2) is 0 Å². The topological polar surface area (TPSA) is 69.6 Å². The first-order valence-electron chi connectivity index (χ1n) is 11.4. The van der Waals surface area contributed by atoms with Crippen LogP contribution < -0.4 is 14.8 Å². The van der Waals surface area contributed by atoms with Crippen molar-refractivity contribution in [3.63, 3.8) is 0 Å². The highest BCUT2D eigenvalue weighted by molar-refractivity contribution is 8.00. The third-order valence-electron chi connectivity index (χ3n) is 5.94. The van der Waals surface area contributed by atoms with E-state index in [1.165, 1.54) is 26.0 Å². The van der Waals surface area contributed by atoms with Crippen LogP contribution in [0, 0.1) is 0 Å². The Kier molecular flexibility index (Phi) is 6.64. The van der Waals surface area contributed by atoms with Crippen molar-refractivity contribution in [1.82, 2.24) is 4.57 Å². The molecule has 0 atom stereocenters. The number of rotatable bonds is 7. The first-order chi connectivity index (χ1) is 17.6. The number of nitrogens with zero attached hydrogens (tertiary/aromatic N) is 1. The predicted octanol–water partition coefficient (Wildman–Crippen LogP) is 6.50. The first-order valence-corrected chi connectivity index (χ1v) is 12.4. The van der Waals surface area contributed by atoms with Gasteiger partial charge in [-0.15, -0.1) is 11.8 Å². The van der Waals surface area contributed by atoms with Gasteiger partial charge >= 0.3 is 0 Å². The van der Waals surface area contributed by atoms with E-state index in [4.69, 9.17) is 9.47 Å². The van der Waals surface area contributed by atoms with Crippen LogP contribution in [0.4, 0.5) is 5.69 Å². The highest BCUT2D eigenvalue weighted by atomic mass is 32.2. The van der Waals surface area contributed by atoms with Gasteiger partial charge in [0.25, 0.3) is 5.91 Å². The standard InChI is InChI=1S/C29H24N2O4S/c1-34-25-15-8-16-26(35-2)28(25)29(33)30-19-9-7-10-20(17-19)36-18-27(32)31-23-13-5-3-11-21(23)22-12-4-6-14-24(22)31/h3-17H,18H2,1-2H3,(H,30,33). The lowest BCUT2D eigenvalue weighted by Gasteiger charge is -2.13. The molecule has 0 bridgehead atoms. The molecule has 36 heavy (non-hydrogen) atoms. The van der Waals surface area contributed by atoms with E-state index in [1.807, 2.05) is 66.7 Å². The van der Waals surface area contributed by atoms with E-state index < -0.39 is 0 Å². The van der Waals surface area contributed by atoms with Gasteiger partial charge in [0.1, 0.15) is 17.1 Å². The zero-order chi connectivity index (χ0) is 25.1. The number of carbonyl (C=O) groups is 2. The van der Waals surface area contributed by atoms with E-state index in [2.05, 4.69) is 5.32 Å². The maximum atomic E-state index is 13.3. The minimum absolute atomic E-state index is 0.00871. The minimum Gasteiger partial charge on any atom is -0.496 e. The molecule has 1 aromatic heterocycles. The van der Waals surface area contributed by atoms with Gasteiger partial charge in [0.2, 0.25) is 5.91 Å². The smallest absolute Gasteiger partial charge is 0.263 e. The van der Waals surface area contributed by atoms with Crippen molar-refractivity contribution in [3.05, 3.63) is 96.6 Å². The summed E-state index contributed by atoms with van der Waals surface area (Å²) in [6.07, 6.45) is 0. The zero-order valence-corrected chi connectivity index (χ0v) is 20.7. The van der Waals surface area contributed by atoms with Crippen molar-refractivity contribution >= 4 is 51.1 Å². The molecule has 5 aromatic rings. The molecular formula is C29H24N2O4S. The minimum atomic E-state index is -0.340. The quantitative estimate of drug-likeness (QED) is 0.261. The predicted molar refractivity (Wildman–Crippen MR) is 145 cm³/mol. The zero-order valence-electron chi connectivity index (χ0n) is 19.9. The fourth-order valence-electron chi connectivity index (χ4n) is 4.33. The SMILES string of the molecule is COc1cccc(OC)c1C(=O)Nc1cccc(SCC(=O)n2c3ccccc3c3ccccc32)c1. The fourth-order valence-corrected chi connectivity index (χ4v) is 5.14. The van der Waals surface area contributed by atoms with Crippen molar-refractivity contribution in [1.29, 1.82) is 0 Å². The van der Waals surface area contributed by atoms with Crippen molar-refractivity contribution in [2.45, 2.75) is 4.90 Å². The summed E-state index contributed by atoms with van der Waals surface area (Å²) in [5.74, 6) is 0.752. The molecule has 0 saturated carbocycles. The van der Waals surface area contributed by atoms with E-state index in [0.29, 0.717) is 22.7 Å². The van der Waals surface area contributed by atoms with Gasteiger partial charge in [0.05, 0.1) is 31.0 Å². The Hall–Kier alpha value is -4.23. The molecule has 7 heteroatoms. The summed E-state index contributed by atoms with van der Waals surface area (Å²) in [5, 5.41) is 5.03. The van der Waals surface area contributed by atoms with E-state index in [-0.39, 0.29) is 17.6 Å². The molecule has 180 valence electrons. The number of carbonyl (C=O) groups excluding carboxylic acids is 2. The lowest BCUT2D eigenvalue weighted by atomic mass is 10.1. The maximum absolute atomic E-state index is 13.3. The van der Waals surface area contributed by atoms with Crippen molar-refractivity contribution < 1.29 is 19.1 Å². The van der Waals surface area contributed by atoms with E-state index >= 15 is 0 Å². The second-order valence-corrected chi connectivity index (χ2v) is 9.12. The Bertz CT molecular complexity index is 1520. The van der Waals surface area contributed by atoms with Crippen LogP contribution >= 0.6 is 11.8 Å². The number of para-hydroxylation sites is 2. The highest BCUT2D eigenvalue weighted by Crippen LogP contribution is 2.31. The fraction of sp³-hybridized carbons (Fsp3) is 0.103. The molecule has 0 aliphatic carbocycles. The molecule has 5 rings (SSSR count). The number of hydrogen-bond donors (Lipinski definition) is 1. The molecule has 1 heterocycles. The second-order valence-electron chi connectivity index (χ2n) is 8.07. The summed E-state index contributed by atoms with van der Waals surface area (Å²) in [6.45, 7) is 0. The summed E-state index contributed by atoms with van der Waals surface area (Å²) in [5.41, 5.74) is 2.73. The van der Waals surface area contributed by atoms with Gasteiger partial charge in [-0.3, -0.25) is 14.2 Å². The van der Waals surface area contributed by atoms with Crippen LogP contribution in [0.5, 0.6) is 11.5 Å². The monoisotopic (exact) mass is 496 g/mol. The van der Waals surface area contributed by atoms with Crippen molar-refractivity contribution in [2.75, 3.05) is 25.3 Å². The molecule has 0 aliphatic heterocycles. The summed E-state index contributed by atoms with van der Waals surface area (Å²) < 4.78 is 12.5. The van der Waals surface area contributed by atoms with E-state index in [9.17, 15) is 9.59 Å². The number of hydrogen-bond acceptors (Lipinski definition) is 5. The number of methoxy groups -OCH3 is 2. The summed E-state index contributed by atoms with van der Waals surface area (Å²) in [4.78, 5) is 27.2. The Morgan fingerprint density at radius 2 is 1.36 bits per heavy atom. The van der Waals surface area contributed by atoms with Crippen LogP contribution in [0.15, 0.2) is 95.9 Å². The molecule has 1 amide bonds. The van der Waals surface area contributed by atoms with Gasteiger partial charge in [-0.1, -0.05) is 48.5 Å².